The molecule has 0 atom stereocenters. The molecule has 9 heteroatoms. The molecule has 0 aliphatic carbocycles. The van der Waals surface area contributed by atoms with Crippen molar-refractivity contribution in [1.82, 2.24) is 4.90 Å². The molecule has 0 saturated carbocycles. The molecule has 1 saturated heterocycles. The van der Waals surface area contributed by atoms with Crippen LogP contribution in [-0.2, 0) is 10.0 Å². The van der Waals surface area contributed by atoms with Crippen molar-refractivity contribution < 1.29 is 27.4 Å². The number of amides is 1. The Morgan fingerprint density at radius 2 is 1.68 bits per heavy atom. The summed E-state index contributed by atoms with van der Waals surface area (Å²) in [5.41, 5.74) is 0.535. The van der Waals surface area contributed by atoms with E-state index in [1.807, 2.05) is 0 Å². The van der Waals surface area contributed by atoms with Crippen molar-refractivity contribution in [2.24, 2.45) is 0 Å². The summed E-state index contributed by atoms with van der Waals surface area (Å²) in [6.07, 6.45) is 0.950. The normalized spacial score (nSPS) is 13.5. The third-order valence-electron chi connectivity index (χ3n) is 4.50. The number of ether oxygens (including phenoxy) is 3. The van der Waals surface area contributed by atoms with Crippen molar-refractivity contribution >= 4 is 21.6 Å². The quantitative estimate of drug-likeness (QED) is 0.759. The van der Waals surface area contributed by atoms with E-state index in [4.69, 9.17) is 14.2 Å². The Morgan fingerprint density at radius 3 is 2.25 bits per heavy atom. The molecule has 1 aliphatic heterocycles. The summed E-state index contributed by atoms with van der Waals surface area (Å²) in [6.45, 7) is 1.35. The van der Waals surface area contributed by atoms with Crippen molar-refractivity contribution in [3.63, 3.8) is 0 Å². The first-order valence-electron chi connectivity index (χ1n) is 8.61. The van der Waals surface area contributed by atoms with Crippen LogP contribution in [-0.4, -0.2) is 53.6 Å². The number of carbonyl (C=O) groups is 1. The number of likely N-dealkylation sites (tertiary alicyclic amines) is 1. The van der Waals surface area contributed by atoms with Gasteiger partial charge in [-0.2, -0.15) is 0 Å². The number of nitrogens with zero attached hydrogens (tertiary/aromatic N) is 1. The van der Waals surface area contributed by atoms with Gasteiger partial charge in [0.25, 0.3) is 15.9 Å². The molecule has 1 fully saturated rings. The van der Waals surface area contributed by atoms with Crippen LogP contribution < -0.4 is 18.9 Å². The number of sulfonamides is 1. The van der Waals surface area contributed by atoms with E-state index in [1.54, 1.807) is 23.1 Å². The van der Waals surface area contributed by atoms with Crippen LogP contribution >= 0.6 is 0 Å². The lowest BCUT2D eigenvalue weighted by atomic mass is 10.1. The number of hydrogen-bond acceptors (Lipinski definition) is 6. The number of anilines is 1. The van der Waals surface area contributed by atoms with E-state index >= 15 is 0 Å². The van der Waals surface area contributed by atoms with Gasteiger partial charge in [0, 0.05) is 24.7 Å². The molecule has 2 aromatic rings. The van der Waals surface area contributed by atoms with E-state index in [0.717, 1.165) is 6.42 Å². The maximum atomic E-state index is 13.0. The van der Waals surface area contributed by atoms with Gasteiger partial charge in [0.15, 0.2) is 0 Å². The second-order valence-corrected chi connectivity index (χ2v) is 7.83. The van der Waals surface area contributed by atoms with E-state index in [9.17, 15) is 13.2 Å². The Morgan fingerprint density at radius 1 is 0.964 bits per heavy atom. The summed E-state index contributed by atoms with van der Waals surface area (Å²) >= 11 is 0. The average Bonchev–Trinajstić information content (AvgIpc) is 2.66. The first-order chi connectivity index (χ1) is 13.4. The van der Waals surface area contributed by atoms with Gasteiger partial charge in [0.2, 0.25) is 0 Å². The number of benzene rings is 2. The number of methoxy groups -OCH3 is 3. The Balaban J connectivity index is 1.97. The summed E-state index contributed by atoms with van der Waals surface area (Å²) < 4.78 is 44.1. The smallest absolute Gasteiger partial charge is 0.265 e. The van der Waals surface area contributed by atoms with Crippen molar-refractivity contribution in [3.05, 3.63) is 42.0 Å². The highest BCUT2D eigenvalue weighted by atomic mass is 32.2. The lowest BCUT2D eigenvalue weighted by Crippen LogP contribution is -2.42. The summed E-state index contributed by atoms with van der Waals surface area (Å²) in [6, 6.07) is 9.09. The topological polar surface area (TPSA) is 94.2 Å². The van der Waals surface area contributed by atoms with Crippen LogP contribution in [0.3, 0.4) is 0 Å². The van der Waals surface area contributed by atoms with Crippen molar-refractivity contribution in [3.8, 4) is 17.2 Å². The van der Waals surface area contributed by atoms with E-state index in [2.05, 4.69) is 4.72 Å². The SMILES string of the molecule is COc1ccc(NS(=O)(=O)c2cc(C(=O)N3CCC3)ccc2OC)c(OC)c1. The van der Waals surface area contributed by atoms with Gasteiger partial charge in [-0.1, -0.05) is 0 Å². The number of hydrogen-bond donors (Lipinski definition) is 1. The molecule has 2 aromatic carbocycles. The molecule has 0 radical (unpaired) electrons. The van der Waals surface area contributed by atoms with Gasteiger partial charge in [-0.25, -0.2) is 8.42 Å². The zero-order chi connectivity index (χ0) is 20.3. The molecule has 8 nitrogen and oxygen atoms in total. The molecule has 3 rings (SSSR count). The fraction of sp³-hybridized carbons (Fsp3) is 0.316. The minimum Gasteiger partial charge on any atom is -0.497 e. The van der Waals surface area contributed by atoms with Crippen LogP contribution in [0.1, 0.15) is 16.8 Å². The maximum Gasteiger partial charge on any atom is 0.265 e. The fourth-order valence-corrected chi connectivity index (χ4v) is 4.07. The van der Waals surface area contributed by atoms with E-state index in [0.29, 0.717) is 30.2 Å². The van der Waals surface area contributed by atoms with Crippen molar-refractivity contribution in [2.45, 2.75) is 11.3 Å². The lowest BCUT2D eigenvalue weighted by Gasteiger charge is -2.31. The summed E-state index contributed by atoms with van der Waals surface area (Å²) in [7, 11) is 0.263. The van der Waals surface area contributed by atoms with Gasteiger partial charge in [-0.05, 0) is 36.8 Å². The predicted octanol–water partition coefficient (Wildman–Crippen LogP) is 2.36. The van der Waals surface area contributed by atoms with Crippen molar-refractivity contribution in [2.75, 3.05) is 39.1 Å². The highest BCUT2D eigenvalue weighted by Gasteiger charge is 2.26. The standard InChI is InChI=1S/C19H22N2O6S/c1-25-14-6-7-15(17(12-14)27-3)20-28(23,24)18-11-13(5-8-16(18)26-2)19(22)21-9-4-10-21/h5-8,11-12,20H,4,9-10H2,1-3H3. The minimum atomic E-state index is -4.05. The highest BCUT2D eigenvalue weighted by molar-refractivity contribution is 7.92. The third-order valence-corrected chi connectivity index (χ3v) is 5.88. The summed E-state index contributed by atoms with van der Waals surface area (Å²) in [4.78, 5) is 14.0. The molecule has 1 amide bonds. The van der Waals surface area contributed by atoms with Gasteiger partial charge in [0.1, 0.15) is 22.1 Å². The van der Waals surface area contributed by atoms with Gasteiger partial charge < -0.3 is 19.1 Å². The number of rotatable bonds is 7. The summed E-state index contributed by atoms with van der Waals surface area (Å²) in [5, 5.41) is 0. The van der Waals surface area contributed by atoms with E-state index < -0.39 is 10.0 Å². The largest absolute Gasteiger partial charge is 0.497 e. The first-order valence-corrected chi connectivity index (χ1v) is 10.1. The zero-order valence-electron chi connectivity index (χ0n) is 15.9. The van der Waals surface area contributed by atoms with Crippen LogP contribution in [0.4, 0.5) is 5.69 Å². The predicted molar refractivity (Wildman–Crippen MR) is 104 cm³/mol. The molecular formula is C19H22N2O6S. The van der Waals surface area contributed by atoms with Crippen LogP contribution in [0.2, 0.25) is 0 Å². The summed E-state index contributed by atoms with van der Waals surface area (Å²) in [5.74, 6) is 0.766. The molecule has 1 N–H and O–H groups in total. The molecule has 1 aliphatic rings. The van der Waals surface area contributed by atoms with Gasteiger partial charge in [-0.15, -0.1) is 0 Å². The molecule has 28 heavy (non-hydrogen) atoms. The Labute approximate surface area is 164 Å². The van der Waals surface area contributed by atoms with Crippen LogP contribution in [0, 0.1) is 0 Å². The second-order valence-electron chi connectivity index (χ2n) is 6.18. The molecule has 150 valence electrons. The van der Waals surface area contributed by atoms with Crippen molar-refractivity contribution in [1.29, 1.82) is 0 Å². The third kappa shape index (κ3) is 3.84. The molecule has 0 aromatic heterocycles. The number of nitrogens with one attached hydrogen (secondary N) is 1. The van der Waals surface area contributed by atoms with Gasteiger partial charge in [-0.3, -0.25) is 9.52 Å². The minimum absolute atomic E-state index is 0.126. The number of carbonyl (C=O) groups excluding carboxylic acids is 1. The maximum absolute atomic E-state index is 13.0. The fourth-order valence-electron chi connectivity index (χ4n) is 2.80. The molecule has 0 unspecified atom stereocenters. The van der Waals surface area contributed by atoms with Gasteiger partial charge in [0.05, 0.1) is 27.0 Å². The lowest BCUT2D eigenvalue weighted by molar-refractivity contribution is 0.0651. The van der Waals surface area contributed by atoms with E-state index in [-0.39, 0.29) is 22.2 Å². The van der Waals surface area contributed by atoms with Crippen LogP contribution in [0.15, 0.2) is 41.3 Å². The zero-order valence-corrected chi connectivity index (χ0v) is 16.7. The van der Waals surface area contributed by atoms with E-state index in [1.165, 1.54) is 39.5 Å². The Bertz CT molecular complexity index is 986. The monoisotopic (exact) mass is 406 g/mol. The highest BCUT2D eigenvalue weighted by Crippen LogP contribution is 2.33. The van der Waals surface area contributed by atoms with Gasteiger partial charge >= 0.3 is 0 Å². The van der Waals surface area contributed by atoms with Crippen LogP contribution in [0.25, 0.3) is 0 Å². The molecular weight excluding hydrogens is 384 g/mol. The molecule has 1 heterocycles. The first kappa shape index (κ1) is 19.8. The van der Waals surface area contributed by atoms with Crippen LogP contribution in [0.5, 0.6) is 17.2 Å². The second kappa shape index (κ2) is 7.97. The average molecular weight is 406 g/mol. The molecule has 0 bridgehead atoms. The Kier molecular flexibility index (Phi) is 5.64. The molecule has 0 spiro atoms. The Hall–Kier alpha value is -2.94.